The number of phenols is 1. The molecule has 138 valence electrons. The van der Waals surface area contributed by atoms with Gasteiger partial charge in [0.15, 0.2) is 0 Å². The standard InChI is InChI=1S/C17H18N2O7/c18-11(5-6-25-16(23)4-3-15(21)22)9-19-13-7-10-1-2-12(20)8-14(10)26-17(13)24/h1-2,7-9,19-20H,3-6,18H2,(H,21,22)/p+1/b11-9-. The van der Waals surface area contributed by atoms with Gasteiger partial charge < -0.3 is 25.1 Å². The van der Waals surface area contributed by atoms with Gasteiger partial charge in [-0.3, -0.25) is 14.9 Å². The maximum atomic E-state index is 11.9. The molecular formula is C17H19N2O7+. The van der Waals surface area contributed by atoms with Crippen LogP contribution in [0, 0.1) is 0 Å². The third-order valence-corrected chi connectivity index (χ3v) is 3.42. The Morgan fingerprint density at radius 1 is 1.23 bits per heavy atom. The van der Waals surface area contributed by atoms with Gasteiger partial charge in [0.2, 0.25) is 5.69 Å². The number of hydrogen-bond donors (Lipinski definition) is 4. The van der Waals surface area contributed by atoms with Crippen molar-refractivity contribution in [1.82, 2.24) is 0 Å². The van der Waals surface area contributed by atoms with Crippen molar-refractivity contribution in [2.45, 2.75) is 19.3 Å². The van der Waals surface area contributed by atoms with E-state index in [9.17, 15) is 19.5 Å². The molecule has 6 N–H and O–H groups in total. The van der Waals surface area contributed by atoms with Crippen LogP contribution in [0.25, 0.3) is 11.0 Å². The summed E-state index contributed by atoms with van der Waals surface area (Å²) in [7, 11) is 0. The van der Waals surface area contributed by atoms with Gasteiger partial charge in [-0.2, -0.15) is 0 Å². The molecule has 0 saturated heterocycles. The van der Waals surface area contributed by atoms with Crippen LogP contribution in [0.2, 0.25) is 0 Å². The van der Waals surface area contributed by atoms with Gasteiger partial charge in [-0.05, 0) is 12.1 Å². The zero-order valence-electron chi connectivity index (χ0n) is 13.8. The number of esters is 1. The lowest BCUT2D eigenvalue weighted by atomic mass is 10.2. The lowest BCUT2D eigenvalue weighted by molar-refractivity contribution is -0.499. The second-order valence-corrected chi connectivity index (χ2v) is 5.48. The molecule has 0 spiro atoms. The summed E-state index contributed by atoms with van der Waals surface area (Å²) in [5.74, 6) is -1.68. The van der Waals surface area contributed by atoms with Crippen molar-refractivity contribution in [1.29, 1.82) is 0 Å². The average Bonchev–Trinajstić information content (AvgIpc) is 2.58. The van der Waals surface area contributed by atoms with Crippen LogP contribution in [0.15, 0.2) is 45.4 Å². The summed E-state index contributed by atoms with van der Waals surface area (Å²) in [6, 6.07) is 6.06. The van der Waals surface area contributed by atoms with Gasteiger partial charge in [-0.1, -0.05) is 0 Å². The number of aromatic hydroxyl groups is 1. The van der Waals surface area contributed by atoms with Crippen LogP contribution in [-0.4, -0.2) is 28.8 Å². The summed E-state index contributed by atoms with van der Waals surface area (Å²) in [5.41, 5.74) is 6.15. The van der Waals surface area contributed by atoms with Crippen LogP contribution in [-0.2, 0) is 14.3 Å². The van der Waals surface area contributed by atoms with Gasteiger partial charge in [-0.25, -0.2) is 4.79 Å². The molecule has 0 atom stereocenters. The van der Waals surface area contributed by atoms with Crippen molar-refractivity contribution < 1.29 is 34.3 Å². The number of rotatable bonds is 8. The lowest BCUT2D eigenvalue weighted by Gasteiger charge is -2.04. The fourth-order valence-electron chi connectivity index (χ4n) is 2.08. The average molecular weight is 363 g/mol. The van der Waals surface area contributed by atoms with Crippen LogP contribution < -0.4 is 16.7 Å². The molecular weight excluding hydrogens is 344 g/mol. The zero-order valence-corrected chi connectivity index (χ0v) is 13.8. The number of phenolic OH excluding ortho intramolecular Hbond substituents is 1. The van der Waals surface area contributed by atoms with E-state index in [4.69, 9.17) is 20.0 Å². The van der Waals surface area contributed by atoms with E-state index in [1.807, 2.05) is 0 Å². The Labute approximate surface area is 147 Å². The minimum absolute atomic E-state index is 0.000535. The van der Waals surface area contributed by atoms with Gasteiger partial charge >= 0.3 is 17.6 Å². The van der Waals surface area contributed by atoms with Crippen molar-refractivity contribution in [3.8, 4) is 5.75 Å². The molecule has 0 unspecified atom stereocenters. The van der Waals surface area contributed by atoms with Gasteiger partial charge in [0.1, 0.15) is 17.5 Å². The number of ether oxygens (including phenoxy) is 1. The van der Waals surface area contributed by atoms with E-state index >= 15 is 0 Å². The molecule has 0 aliphatic carbocycles. The summed E-state index contributed by atoms with van der Waals surface area (Å²) in [6.07, 6.45) is 1.26. The van der Waals surface area contributed by atoms with Crippen molar-refractivity contribution >= 4 is 28.6 Å². The largest absolute Gasteiger partial charge is 0.508 e. The Bertz CT molecular complexity index is 902. The van der Waals surface area contributed by atoms with Crippen LogP contribution in [0.4, 0.5) is 5.69 Å². The molecule has 2 aromatic rings. The first-order valence-corrected chi connectivity index (χ1v) is 7.79. The third kappa shape index (κ3) is 5.64. The minimum atomic E-state index is -1.07. The normalized spacial score (nSPS) is 11.5. The third-order valence-electron chi connectivity index (χ3n) is 3.42. The predicted octanol–water partition coefficient (Wildman–Crippen LogP) is 0.292. The second kappa shape index (κ2) is 8.67. The van der Waals surface area contributed by atoms with E-state index in [1.54, 1.807) is 12.1 Å². The number of hydrogen-bond acceptors (Lipinski definition) is 7. The smallest absolute Gasteiger partial charge is 0.398 e. The molecule has 1 aromatic heterocycles. The maximum absolute atomic E-state index is 11.9. The molecule has 9 heteroatoms. The topological polar surface area (TPSA) is 157 Å². The molecule has 0 radical (unpaired) electrons. The van der Waals surface area contributed by atoms with Gasteiger partial charge in [0.05, 0.1) is 25.1 Å². The number of benzene rings is 1. The molecule has 0 saturated carbocycles. The number of carbonyl (C=O) groups excluding carboxylic acids is 1. The number of quaternary nitrogens is 1. The molecule has 0 bridgehead atoms. The highest BCUT2D eigenvalue weighted by Gasteiger charge is 2.10. The molecule has 0 aliphatic heterocycles. The Morgan fingerprint density at radius 3 is 2.73 bits per heavy atom. The van der Waals surface area contributed by atoms with Crippen molar-refractivity contribution in [3.63, 3.8) is 0 Å². The first-order valence-electron chi connectivity index (χ1n) is 7.79. The van der Waals surface area contributed by atoms with E-state index in [1.165, 1.54) is 23.6 Å². The maximum Gasteiger partial charge on any atom is 0.398 e. The number of nitrogens with two attached hydrogens (primary N) is 2. The highest BCUT2D eigenvalue weighted by Crippen LogP contribution is 2.19. The first-order chi connectivity index (χ1) is 12.3. The summed E-state index contributed by atoms with van der Waals surface area (Å²) in [6.45, 7) is 0.0141. The molecule has 1 aromatic carbocycles. The highest BCUT2D eigenvalue weighted by atomic mass is 16.5. The first kappa shape index (κ1) is 19.0. The Hall–Kier alpha value is -3.33. The molecule has 26 heavy (non-hydrogen) atoms. The van der Waals surface area contributed by atoms with Crippen LogP contribution in [0.3, 0.4) is 0 Å². The van der Waals surface area contributed by atoms with Crippen LogP contribution >= 0.6 is 0 Å². The van der Waals surface area contributed by atoms with Crippen LogP contribution in [0.5, 0.6) is 5.75 Å². The van der Waals surface area contributed by atoms with Crippen LogP contribution in [0.1, 0.15) is 19.3 Å². The molecule has 0 aliphatic rings. The Morgan fingerprint density at radius 2 is 2.00 bits per heavy atom. The van der Waals surface area contributed by atoms with E-state index in [2.05, 4.69) is 0 Å². The van der Waals surface area contributed by atoms with Gasteiger partial charge in [-0.15, -0.1) is 0 Å². The van der Waals surface area contributed by atoms with Crippen molar-refractivity contribution in [2.24, 2.45) is 5.73 Å². The predicted molar refractivity (Wildman–Crippen MR) is 90.5 cm³/mol. The number of carbonyl (C=O) groups is 2. The van der Waals surface area contributed by atoms with E-state index < -0.39 is 17.6 Å². The summed E-state index contributed by atoms with van der Waals surface area (Å²) in [4.78, 5) is 33.5. The Balaban J connectivity index is 1.90. The van der Waals surface area contributed by atoms with Crippen molar-refractivity contribution in [2.75, 3.05) is 6.61 Å². The molecule has 9 nitrogen and oxygen atoms in total. The van der Waals surface area contributed by atoms with Crippen molar-refractivity contribution in [3.05, 3.63) is 46.6 Å². The number of fused-ring (bicyclic) bond motifs is 1. The summed E-state index contributed by atoms with van der Waals surface area (Å²) in [5, 5.41) is 20.0. The fourth-order valence-corrected chi connectivity index (χ4v) is 2.08. The lowest BCUT2D eigenvalue weighted by Crippen LogP contribution is -2.73. The number of carboxylic acids is 1. The molecule has 0 amide bonds. The molecule has 0 fully saturated rings. The highest BCUT2D eigenvalue weighted by molar-refractivity contribution is 5.79. The van der Waals surface area contributed by atoms with E-state index in [0.717, 1.165) is 0 Å². The monoisotopic (exact) mass is 363 g/mol. The van der Waals surface area contributed by atoms with Gasteiger partial charge in [0.25, 0.3) is 0 Å². The zero-order chi connectivity index (χ0) is 19.1. The quantitative estimate of drug-likeness (QED) is 0.385. The SMILES string of the molecule is N/C(=C\[NH2+]c1cc2ccc(O)cc2oc1=O)CCOC(=O)CCC(=O)O. The van der Waals surface area contributed by atoms with E-state index in [0.29, 0.717) is 11.1 Å². The minimum Gasteiger partial charge on any atom is -0.508 e. The molecule has 1 heterocycles. The number of carboxylic acid groups (broad SMARTS) is 1. The summed E-state index contributed by atoms with van der Waals surface area (Å²) >= 11 is 0. The number of aliphatic carboxylic acids is 1. The second-order valence-electron chi connectivity index (χ2n) is 5.48. The Kier molecular flexibility index (Phi) is 6.34. The van der Waals surface area contributed by atoms with E-state index in [-0.39, 0.29) is 42.9 Å². The summed E-state index contributed by atoms with van der Waals surface area (Å²) < 4.78 is 10.00. The fraction of sp³-hybridized carbons (Fsp3) is 0.235. The van der Waals surface area contributed by atoms with Gasteiger partial charge in [0, 0.05) is 23.9 Å². The molecule has 2 rings (SSSR count).